The summed E-state index contributed by atoms with van der Waals surface area (Å²) in [5, 5.41) is 9.25. The molecule has 1 aliphatic rings. The number of aromatic nitrogens is 3. The lowest BCUT2D eigenvalue weighted by Crippen LogP contribution is -2.15. The molecule has 1 aromatic heterocycles. The Hall–Kier alpha value is -1.86. The van der Waals surface area contributed by atoms with Crippen LogP contribution in [0.25, 0.3) is 0 Å². The third kappa shape index (κ3) is 3.00. The molecule has 22 heavy (non-hydrogen) atoms. The Kier molecular flexibility index (Phi) is 4.44. The highest BCUT2D eigenvalue weighted by Gasteiger charge is 2.17. The van der Waals surface area contributed by atoms with Crippen LogP contribution in [0.15, 0.2) is 29.9 Å². The van der Waals surface area contributed by atoms with Crippen molar-refractivity contribution in [2.45, 2.75) is 17.5 Å². The fraction of sp³-hybridized carbons (Fsp3) is 0.286. The topological polar surface area (TPSA) is 75.2 Å². The quantitative estimate of drug-likeness (QED) is 0.667. The van der Waals surface area contributed by atoms with Crippen LogP contribution < -0.4 is 15.2 Å². The Bertz CT molecular complexity index is 704. The molecule has 6 nitrogen and oxygen atoms in total. The predicted molar refractivity (Wildman–Crippen MR) is 86.6 cm³/mol. The number of allylic oxidation sites excluding steroid dienone is 1. The summed E-state index contributed by atoms with van der Waals surface area (Å²) >= 11 is 7.76. The number of rotatable bonds is 5. The van der Waals surface area contributed by atoms with Gasteiger partial charge in [-0.3, -0.25) is 4.57 Å². The van der Waals surface area contributed by atoms with Gasteiger partial charge < -0.3 is 15.2 Å². The first-order valence-corrected chi connectivity index (χ1v) is 8.06. The number of hydrogen-bond donors (Lipinski definition) is 1. The van der Waals surface area contributed by atoms with Crippen molar-refractivity contribution in [1.29, 1.82) is 0 Å². The van der Waals surface area contributed by atoms with Gasteiger partial charge in [-0.05, 0) is 17.7 Å². The maximum Gasteiger partial charge on any atom is 0.222 e. The predicted octanol–water partition coefficient (Wildman–Crippen LogP) is 2.76. The standard InChI is InChI=1S/C14H15ClN4O2S/c1-2-3-19-13(16)17-18-14(19)22-8-9-6-10(15)12-11(7-9)20-4-5-21-12/h2,6-7H,1,3-5,8H2,(H2,16,17). The summed E-state index contributed by atoms with van der Waals surface area (Å²) in [6.45, 7) is 5.33. The van der Waals surface area contributed by atoms with Gasteiger partial charge in [0, 0.05) is 12.3 Å². The summed E-state index contributed by atoms with van der Waals surface area (Å²) in [4.78, 5) is 0. The second-order valence-electron chi connectivity index (χ2n) is 4.63. The zero-order chi connectivity index (χ0) is 15.5. The smallest absolute Gasteiger partial charge is 0.222 e. The molecule has 116 valence electrons. The number of nitrogens with zero attached hydrogens (tertiary/aromatic N) is 3. The summed E-state index contributed by atoms with van der Waals surface area (Å²) in [6.07, 6.45) is 1.75. The molecule has 0 saturated heterocycles. The monoisotopic (exact) mass is 338 g/mol. The lowest BCUT2D eigenvalue weighted by Gasteiger charge is -2.20. The first-order chi connectivity index (χ1) is 10.7. The maximum atomic E-state index is 6.23. The third-order valence-corrected chi connectivity index (χ3v) is 4.40. The molecule has 0 unspecified atom stereocenters. The maximum absolute atomic E-state index is 6.23. The molecule has 2 aromatic rings. The van der Waals surface area contributed by atoms with Gasteiger partial charge >= 0.3 is 0 Å². The summed E-state index contributed by atoms with van der Waals surface area (Å²) in [6, 6.07) is 3.81. The summed E-state index contributed by atoms with van der Waals surface area (Å²) < 4.78 is 12.9. The van der Waals surface area contributed by atoms with Crippen LogP contribution in [0, 0.1) is 0 Å². The van der Waals surface area contributed by atoms with E-state index in [1.807, 2.05) is 12.1 Å². The zero-order valence-corrected chi connectivity index (χ0v) is 13.4. The van der Waals surface area contributed by atoms with Crippen molar-refractivity contribution in [3.05, 3.63) is 35.4 Å². The van der Waals surface area contributed by atoms with Crippen LogP contribution in [0.5, 0.6) is 11.5 Å². The fourth-order valence-electron chi connectivity index (χ4n) is 2.10. The van der Waals surface area contributed by atoms with Crippen molar-refractivity contribution in [3.8, 4) is 11.5 Å². The highest BCUT2D eigenvalue weighted by molar-refractivity contribution is 7.98. The number of halogens is 1. The first-order valence-electron chi connectivity index (χ1n) is 6.69. The highest BCUT2D eigenvalue weighted by atomic mass is 35.5. The van der Waals surface area contributed by atoms with Gasteiger partial charge in [0.25, 0.3) is 0 Å². The molecule has 2 N–H and O–H groups in total. The Morgan fingerprint density at radius 2 is 2.18 bits per heavy atom. The summed E-state index contributed by atoms with van der Waals surface area (Å²) in [7, 11) is 0. The minimum atomic E-state index is 0.377. The highest BCUT2D eigenvalue weighted by Crippen LogP contribution is 2.39. The lowest BCUT2D eigenvalue weighted by molar-refractivity contribution is 0.171. The SMILES string of the molecule is C=CCn1c(N)nnc1SCc1cc(Cl)c2c(c1)OCCO2. The Labute approximate surface area is 137 Å². The molecule has 0 atom stereocenters. The number of fused-ring (bicyclic) bond motifs is 1. The minimum Gasteiger partial charge on any atom is -0.486 e. The van der Waals surface area contributed by atoms with Crippen molar-refractivity contribution in [1.82, 2.24) is 14.8 Å². The van der Waals surface area contributed by atoms with Gasteiger partial charge in [0.2, 0.25) is 5.95 Å². The number of hydrogen-bond acceptors (Lipinski definition) is 6. The summed E-state index contributed by atoms with van der Waals surface area (Å²) in [5.41, 5.74) is 6.80. The molecule has 2 heterocycles. The number of benzene rings is 1. The average Bonchev–Trinajstić information content (AvgIpc) is 2.86. The van der Waals surface area contributed by atoms with Gasteiger partial charge in [0.1, 0.15) is 13.2 Å². The molecule has 8 heteroatoms. The number of ether oxygens (including phenoxy) is 2. The molecule has 0 amide bonds. The van der Waals surface area contributed by atoms with Crippen LogP contribution in [-0.4, -0.2) is 28.0 Å². The van der Waals surface area contributed by atoms with E-state index in [-0.39, 0.29) is 0 Å². The molecule has 0 radical (unpaired) electrons. The van der Waals surface area contributed by atoms with E-state index in [9.17, 15) is 0 Å². The fourth-order valence-corrected chi connectivity index (χ4v) is 3.28. The van der Waals surface area contributed by atoms with E-state index in [1.54, 1.807) is 10.6 Å². The largest absolute Gasteiger partial charge is 0.486 e. The van der Waals surface area contributed by atoms with Gasteiger partial charge in [-0.25, -0.2) is 0 Å². The number of thioether (sulfide) groups is 1. The molecule has 0 spiro atoms. The molecular weight excluding hydrogens is 324 g/mol. The molecule has 0 bridgehead atoms. The zero-order valence-electron chi connectivity index (χ0n) is 11.8. The number of nitrogen functional groups attached to an aromatic ring is 1. The number of anilines is 1. The molecule has 0 fully saturated rings. The normalized spacial score (nSPS) is 13.1. The molecule has 0 saturated carbocycles. The molecule has 3 rings (SSSR count). The van der Waals surface area contributed by atoms with Crippen LogP contribution in [0.4, 0.5) is 5.95 Å². The second-order valence-corrected chi connectivity index (χ2v) is 5.98. The lowest BCUT2D eigenvalue weighted by atomic mass is 10.2. The third-order valence-electron chi connectivity index (χ3n) is 3.08. The van der Waals surface area contributed by atoms with E-state index >= 15 is 0 Å². The van der Waals surface area contributed by atoms with Crippen molar-refractivity contribution in [3.63, 3.8) is 0 Å². The number of nitrogens with two attached hydrogens (primary N) is 1. The van der Waals surface area contributed by atoms with Gasteiger partial charge in [-0.1, -0.05) is 29.4 Å². The van der Waals surface area contributed by atoms with E-state index < -0.39 is 0 Å². The van der Waals surface area contributed by atoms with Crippen molar-refractivity contribution in [2.24, 2.45) is 0 Å². The molecule has 0 aliphatic carbocycles. The minimum absolute atomic E-state index is 0.377. The van der Waals surface area contributed by atoms with E-state index in [4.69, 9.17) is 26.8 Å². The first kappa shape index (κ1) is 15.1. The van der Waals surface area contributed by atoms with Gasteiger partial charge in [-0.15, -0.1) is 16.8 Å². The molecule has 1 aromatic carbocycles. The molecule has 1 aliphatic heterocycles. The average molecular weight is 339 g/mol. The summed E-state index contributed by atoms with van der Waals surface area (Å²) in [5.74, 6) is 2.34. The Balaban J connectivity index is 1.77. The molecular formula is C14H15ClN4O2S. The van der Waals surface area contributed by atoms with Gasteiger partial charge in [0.05, 0.1) is 5.02 Å². The van der Waals surface area contributed by atoms with E-state index in [0.717, 1.165) is 10.7 Å². The van der Waals surface area contributed by atoms with Crippen LogP contribution >= 0.6 is 23.4 Å². The second kappa shape index (κ2) is 6.50. The van der Waals surface area contributed by atoms with Gasteiger partial charge in [-0.2, -0.15) is 0 Å². The van der Waals surface area contributed by atoms with Crippen LogP contribution in [0.1, 0.15) is 5.56 Å². The Morgan fingerprint density at radius 3 is 3.00 bits per heavy atom. The van der Waals surface area contributed by atoms with Gasteiger partial charge in [0.15, 0.2) is 16.7 Å². The van der Waals surface area contributed by atoms with Crippen LogP contribution in [-0.2, 0) is 12.3 Å². The van der Waals surface area contributed by atoms with Crippen LogP contribution in [0.2, 0.25) is 5.02 Å². The van der Waals surface area contributed by atoms with E-state index in [2.05, 4.69) is 16.8 Å². The van der Waals surface area contributed by atoms with Crippen molar-refractivity contribution in [2.75, 3.05) is 18.9 Å². The van der Waals surface area contributed by atoms with Crippen molar-refractivity contribution >= 4 is 29.3 Å². The van der Waals surface area contributed by atoms with E-state index in [1.165, 1.54) is 11.8 Å². The van der Waals surface area contributed by atoms with Crippen molar-refractivity contribution < 1.29 is 9.47 Å². The van der Waals surface area contributed by atoms with Crippen LogP contribution in [0.3, 0.4) is 0 Å². The Morgan fingerprint density at radius 1 is 1.36 bits per heavy atom. The van der Waals surface area contributed by atoms with E-state index in [0.29, 0.717) is 48.0 Å².